The number of nitrogens with zero attached hydrogens (tertiary/aromatic N) is 2. The highest BCUT2D eigenvalue weighted by atomic mass is 19.4. The molecule has 114 valence electrons. The molecule has 3 N–H and O–H groups in total. The Morgan fingerprint density at radius 3 is 2.36 bits per heavy atom. The van der Waals surface area contributed by atoms with Gasteiger partial charge in [0.1, 0.15) is 5.69 Å². The molecule has 0 spiro atoms. The van der Waals surface area contributed by atoms with Gasteiger partial charge in [-0.3, -0.25) is 9.89 Å². The van der Waals surface area contributed by atoms with Gasteiger partial charge in [-0.25, -0.2) is 9.50 Å². The fourth-order valence-electron chi connectivity index (χ4n) is 2.00. The minimum absolute atomic E-state index is 0.0511. The third-order valence-corrected chi connectivity index (χ3v) is 3.16. The Kier molecular flexibility index (Phi) is 3.25. The molecule has 0 aliphatic heterocycles. The Balaban J connectivity index is 0.000000151. The summed E-state index contributed by atoms with van der Waals surface area (Å²) >= 11 is 0. The SMILES string of the molecule is NCc1cc2cc-2c1.O=c1ccnc2cc(C(F)(F)F)[nH]n12. The predicted molar refractivity (Wildman–Crippen MR) is 74.1 cm³/mol. The average molecular weight is 308 g/mol. The Bertz CT molecular complexity index is 875. The van der Waals surface area contributed by atoms with E-state index in [4.69, 9.17) is 5.73 Å². The Morgan fingerprint density at radius 2 is 1.86 bits per heavy atom. The number of nitrogens with one attached hydrogen (secondary N) is 1. The van der Waals surface area contributed by atoms with Crippen LogP contribution in [0.3, 0.4) is 0 Å². The number of benzene rings is 1. The molecule has 0 saturated carbocycles. The van der Waals surface area contributed by atoms with Crippen molar-refractivity contribution in [2.75, 3.05) is 0 Å². The van der Waals surface area contributed by atoms with Crippen LogP contribution < -0.4 is 11.3 Å². The predicted octanol–water partition coefficient (Wildman–Crippen LogP) is 2.17. The zero-order valence-corrected chi connectivity index (χ0v) is 11.2. The molecule has 0 bridgehead atoms. The topological polar surface area (TPSA) is 76.2 Å². The smallest absolute Gasteiger partial charge is 0.326 e. The third kappa shape index (κ3) is 2.73. The molecule has 0 amide bonds. The lowest BCUT2D eigenvalue weighted by Crippen LogP contribution is -2.14. The molecule has 0 fully saturated rings. The van der Waals surface area contributed by atoms with Gasteiger partial charge in [-0.2, -0.15) is 13.2 Å². The molecule has 2 aliphatic carbocycles. The van der Waals surface area contributed by atoms with E-state index in [1.165, 1.54) is 16.7 Å². The molecule has 2 aromatic heterocycles. The van der Waals surface area contributed by atoms with Crippen LogP contribution in [0.1, 0.15) is 11.3 Å². The van der Waals surface area contributed by atoms with Gasteiger partial charge < -0.3 is 5.73 Å². The number of hydrogen-bond acceptors (Lipinski definition) is 3. The van der Waals surface area contributed by atoms with E-state index >= 15 is 0 Å². The molecule has 4 rings (SSSR count). The lowest BCUT2D eigenvalue weighted by atomic mass is 10.3. The van der Waals surface area contributed by atoms with Crippen LogP contribution in [0.2, 0.25) is 0 Å². The van der Waals surface area contributed by atoms with Gasteiger partial charge in [-0.15, -0.1) is 0 Å². The highest BCUT2D eigenvalue weighted by Crippen LogP contribution is 2.35. The minimum atomic E-state index is -4.50. The molecule has 2 heterocycles. The highest BCUT2D eigenvalue weighted by Gasteiger charge is 2.33. The molecule has 0 radical (unpaired) electrons. The van der Waals surface area contributed by atoms with Crippen molar-refractivity contribution in [1.82, 2.24) is 14.6 Å². The Hall–Kier alpha value is -2.61. The van der Waals surface area contributed by atoms with Gasteiger partial charge >= 0.3 is 6.18 Å². The monoisotopic (exact) mass is 308 g/mol. The molecule has 0 unspecified atom stereocenters. The Morgan fingerprint density at radius 1 is 1.18 bits per heavy atom. The molecule has 8 heteroatoms. The molecule has 2 aromatic rings. The van der Waals surface area contributed by atoms with Crippen molar-refractivity contribution in [1.29, 1.82) is 0 Å². The molecule has 2 aliphatic rings. The van der Waals surface area contributed by atoms with Crippen LogP contribution in [0, 0.1) is 0 Å². The van der Waals surface area contributed by atoms with Crippen LogP contribution in [0.5, 0.6) is 0 Å². The molecular formula is C14H11F3N4O. The zero-order valence-electron chi connectivity index (χ0n) is 11.2. The number of alkyl halides is 3. The lowest BCUT2D eigenvalue weighted by molar-refractivity contribution is -0.141. The van der Waals surface area contributed by atoms with Gasteiger partial charge in [0.25, 0.3) is 5.56 Å². The second-order valence-corrected chi connectivity index (χ2v) is 4.77. The van der Waals surface area contributed by atoms with Gasteiger partial charge in [0.2, 0.25) is 0 Å². The number of nitrogens with two attached hydrogens (primary N) is 1. The molecule has 0 aromatic carbocycles. The quantitative estimate of drug-likeness (QED) is 0.566. The Labute approximate surface area is 122 Å². The summed E-state index contributed by atoms with van der Waals surface area (Å²) in [6.45, 7) is 0.681. The van der Waals surface area contributed by atoms with E-state index in [0.717, 1.165) is 22.8 Å². The maximum absolute atomic E-state index is 12.2. The summed E-state index contributed by atoms with van der Waals surface area (Å²) in [6, 6.07) is 8.27. The van der Waals surface area contributed by atoms with E-state index in [9.17, 15) is 18.0 Å². The fourth-order valence-corrected chi connectivity index (χ4v) is 2.00. The first-order valence-corrected chi connectivity index (χ1v) is 6.37. The number of H-pyrrole nitrogens is 1. The fraction of sp³-hybridized carbons (Fsp3) is 0.143. The van der Waals surface area contributed by atoms with E-state index in [2.05, 4.69) is 23.2 Å². The highest BCUT2D eigenvalue weighted by molar-refractivity contribution is 5.82. The first-order valence-electron chi connectivity index (χ1n) is 6.37. The van der Waals surface area contributed by atoms with Crippen LogP contribution in [0.25, 0.3) is 16.8 Å². The van der Waals surface area contributed by atoms with E-state index in [1.54, 1.807) is 0 Å². The van der Waals surface area contributed by atoms with Crippen molar-refractivity contribution in [3.63, 3.8) is 0 Å². The van der Waals surface area contributed by atoms with Gasteiger partial charge in [0.15, 0.2) is 5.65 Å². The summed E-state index contributed by atoms with van der Waals surface area (Å²) in [5.41, 5.74) is 7.78. The molecular weight excluding hydrogens is 297 g/mol. The van der Waals surface area contributed by atoms with Crippen molar-refractivity contribution in [2.24, 2.45) is 5.73 Å². The van der Waals surface area contributed by atoms with Crippen molar-refractivity contribution >= 4 is 5.65 Å². The first kappa shape index (κ1) is 14.3. The first-order chi connectivity index (χ1) is 10.4. The van der Waals surface area contributed by atoms with E-state index in [0.29, 0.717) is 6.54 Å². The number of hydrogen-bond donors (Lipinski definition) is 2. The van der Waals surface area contributed by atoms with Crippen molar-refractivity contribution in [3.05, 3.63) is 58.1 Å². The summed E-state index contributed by atoms with van der Waals surface area (Å²) in [4.78, 5) is 14.7. The summed E-state index contributed by atoms with van der Waals surface area (Å²) < 4.78 is 37.3. The van der Waals surface area contributed by atoms with Gasteiger partial charge in [-0.1, -0.05) is 0 Å². The summed E-state index contributed by atoms with van der Waals surface area (Å²) in [5.74, 6) is 0. The average Bonchev–Trinajstić information content (AvgIpc) is 2.91. The van der Waals surface area contributed by atoms with Crippen molar-refractivity contribution in [3.8, 4) is 11.1 Å². The molecule has 5 nitrogen and oxygen atoms in total. The summed E-state index contributed by atoms with van der Waals surface area (Å²) in [5, 5.41) is 1.92. The maximum Gasteiger partial charge on any atom is 0.432 e. The van der Waals surface area contributed by atoms with Gasteiger partial charge in [-0.05, 0) is 34.9 Å². The standard InChI is InChI=1S/C7H4F3N3O.C7H7N/c8-7(9,10)4-3-5-11-2-1-6(14)13(5)12-4;8-4-5-1-6-3-7(6)2-5/h1-3,12H;1-3H,4,8H2. The lowest BCUT2D eigenvalue weighted by Gasteiger charge is -2.00. The number of aromatic nitrogens is 3. The van der Waals surface area contributed by atoms with Crippen LogP contribution >= 0.6 is 0 Å². The van der Waals surface area contributed by atoms with E-state index in [1.807, 2.05) is 5.10 Å². The van der Waals surface area contributed by atoms with Crippen molar-refractivity contribution in [2.45, 2.75) is 12.7 Å². The number of rotatable bonds is 1. The molecule has 22 heavy (non-hydrogen) atoms. The van der Waals surface area contributed by atoms with Gasteiger partial charge in [0, 0.05) is 24.9 Å². The van der Waals surface area contributed by atoms with Crippen molar-refractivity contribution < 1.29 is 13.2 Å². The second kappa shape index (κ2) is 4.99. The summed E-state index contributed by atoms with van der Waals surface area (Å²) in [6.07, 6.45) is -3.34. The number of fused-ring (bicyclic) bond motifs is 2. The minimum Gasteiger partial charge on any atom is -0.326 e. The largest absolute Gasteiger partial charge is 0.432 e. The summed E-state index contributed by atoms with van der Waals surface area (Å²) in [7, 11) is 0. The molecule has 0 atom stereocenters. The van der Waals surface area contributed by atoms with Crippen LogP contribution in [0.15, 0.2) is 41.3 Å². The van der Waals surface area contributed by atoms with Gasteiger partial charge in [0.05, 0.1) is 0 Å². The maximum atomic E-state index is 12.2. The normalized spacial score (nSPS) is 12.0. The van der Waals surface area contributed by atoms with Crippen LogP contribution in [0.4, 0.5) is 13.2 Å². The second-order valence-electron chi connectivity index (χ2n) is 4.77. The molecule has 0 saturated heterocycles. The van der Waals surface area contributed by atoms with E-state index < -0.39 is 17.4 Å². The van der Waals surface area contributed by atoms with E-state index in [-0.39, 0.29) is 5.65 Å². The number of halogens is 3. The number of aromatic amines is 1. The third-order valence-electron chi connectivity index (χ3n) is 3.16. The van der Waals surface area contributed by atoms with Crippen LogP contribution in [-0.4, -0.2) is 14.6 Å². The van der Waals surface area contributed by atoms with Crippen LogP contribution in [-0.2, 0) is 12.7 Å². The zero-order chi connectivity index (χ0) is 15.9.